The van der Waals surface area contributed by atoms with E-state index in [9.17, 15) is 20.2 Å². The van der Waals surface area contributed by atoms with Gasteiger partial charge in [-0.1, -0.05) is 0 Å². The molecule has 64 valence electrons. The standard InChI is InChI=1S/C3HN4O5/c8-6(9)3(7(10)11)2-4-1-12-5-2/h1H/q-1. The van der Waals surface area contributed by atoms with Gasteiger partial charge < -0.3 is 9.83 Å². The van der Waals surface area contributed by atoms with Crippen molar-refractivity contribution in [2.45, 2.75) is 0 Å². The van der Waals surface area contributed by atoms with Crippen molar-refractivity contribution in [1.29, 1.82) is 0 Å². The van der Waals surface area contributed by atoms with Crippen LogP contribution in [0.5, 0.6) is 0 Å². The topological polar surface area (TPSA) is 122 Å². The molecule has 0 N–H and O–H groups in total. The number of rotatable bonds is 2. The molecule has 9 heteroatoms. The Labute approximate surface area is 64.6 Å². The Hall–Kier alpha value is -2.19. The average molecular weight is 173 g/mol. The van der Waals surface area contributed by atoms with E-state index in [0.29, 0.717) is 0 Å². The van der Waals surface area contributed by atoms with Gasteiger partial charge in [0.25, 0.3) is 0 Å². The van der Waals surface area contributed by atoms with Crippen LogP contribution in [0, 0.1) is 20.2 Å². The van der Waals surface area contributed by atoms with Crippen LogP contribution < -0.4 is 0 Å². The number of nitro groups is 2. The van der Waals surface area contributed by atoms with Crippen LogP contribution in [0.4, 0.5) is 0 Å². The largest absolute Gasteiger partial charge is 0.560 e. The molecule has 12 heavy (non-hydrogen) atoms. The molecule has 0 bridgehead atoms. The number of nitrogens with zero attached hydrogens (tertiary/aromatic N) is 4. The van der Waals surface area contributed by atoms with Crippen LogP contribution in [0.25, 0.3) is 5.48 Å². The zero-order valence-corrected chi connectivity index (χ0v) is 5.41. The first-order valence-corrected chi connectivity index (χ1v) is 2.55. The fraction of sp³-hybridized carbons (Fsp3) is 0. The van der Waals surface area contributed by atoms with Gasteiger partial charge in [0.05, 0.1) is 6.40 Å². The Balaban J connectivity index is 3.06. The molecule has 1 aliphatic rings. The highest BCUT2D eigenvalue weighted by Gasteiger charge is 2.28. The van der Waals surface area contributed by atoms with E-state index in [1.807, 2.05) is 0 Å². The Kier molecular flexibility index (Phi) is 1.86. The molecule has 0 radical (unpaired) electrons. The molecule has 0 aliphatic carbocycles. The van der Waals surface area contributed by atoms with Gasteiger partial charge in [-0.3, -0.25) is 25.7 Å². The molecule has 1 aliphatic heterocycles. The van der Waals surface area contributed by atoms with Crippen molar-refractivity contribution in [2.75, 3.05) is 0 Å². The second-order valence-corrected chi connectivity index (χ2v) is 1.59. The predicted molar refractivity (Wildman–Crippen MR) is 34.0 cm³/mol. The molecule has 1 heterocycles. The lowest BCUT2D eigenvalue weighted by Gasteiger charge is -1.99. The summed E-state index contributed by atoms with van der Waals surface area (Å²) >= 11 is 0. The summed E-state index contributed by atoms with van der Waals surface area (Å²) in [5.41, 5.74) is 2.95. The van der Waals surface area contributed by atoms with Gasteiger partial charge in [-0.05, 0) is 0 Å². The lowest BCUT2D eigenvalue weighted by Crippen LogP contribution is -2.11. The number of aliphatic imine (C=N–C) groups is 1. The van der Waals surface area contributed by atoms with Crippen molar-refractivity contribution < 1.29 is 14.7 Å². The highest BCUT2D eigenvalue weighted by molar-refractivity contribution is 5.55. The van der Waals surface area contributed by atoms with Gasteiger partial charge in [-0.15, -0.1) is 0 Å². The number of hydrogen-bond donors (Lipinski definition) is 0. The summed E-state index contributed by atoms with van der Waals surface area (Å²) in [4.78, 5) is 25.0. The van der Waals surface area contributed by atoms with Crippen molar-refractivity contribution in [1.82, 2.24) is 0 Å². The minimum atomic E-state index is -1.30. The van der Waals surface area contributed by atoms with Crippen molar-refractivity contribution in [2.24, 2.45) is 4.99 Å². The van der Waals surface area contributed by atoms with E-state index in [1.165, 1.54) is 0 Å². The molecule has 0 aromatic heterocycles. The van der Waals surface area contributed by atoms with Gasteiger partial charge in [0.2, 0.25) is 0 Å². The van der Waals surface area contributed by atoms with E-state index >= 15 is 0 Å². The van der Waals surface area contributed by atoms with Crippen LogP contribution >= 0.6 is 0 Å². The number of hydrogen-bond acceptors (Lipinski definition) is 6. The van der Waals surface area contributed by atoms with Gasteiger partial charge in [0.1, 0.15) is 15.7 Å². The van der Waals surface area contributed by atoms with E-state index in [0.717, 1.165) is 6.40 Å². The molecular weight excluding hydrogens is 172 g/mol. The first-order chi connectivity index (χ1) is 5.63. The SMILES string of the molecule is O=[N+]([O-])C(=C1N=CO[N-]1)[N+](=O)[O-]. The Morgan fingerprint density at radius 2 is 2.08 bits per heavy atom. The maximum absolute atomic E-state index is 10.0. The zero-order chi connectivity index (χ0) is 9.14. The van der Waals surface area contributed by atoms with Crippen LogP contribution in [-0.2, 0) is 4.84 Å². The third-order valence-electron chi connectivity index (χ3n) is 0.907. The molecule has 0 aromatic rings. The molecule has 0 aromatic carbocycles. The zero-order valence-electron chi connectivity index (χ0n) is 5.41. The molecule has 0 spiro atoms. The quantitative estimate of drug-likeness (QED) is 0.430. The minimum absolute atomic E-state index is 0.648. The molecular formula is C3HN4O5-. The smallest absolute Gasteiger partial charge is 0.467 e. The molecule has 0 fully saturated rings. The van der Waals surface area contributed by atoms with E-state index in [-0.39, 0.29) is 0 Å². The van der Waals surface area contributed by atoms with Crippen LogP contribution in [0.2, 0.25) is 0 Å². The molecule has 0 atom stereocenters. The van der Waals surface area contributed by atoms with Gasteiger partial charge >= 0.3 is 5.82 Å². The second-order valence-electron chi connectivity index (χ2n) is 1.59. The molecule has 0 amide bonds. The first-order valence-electron chi connectivity index (χ1n) is 2.55. The third-order valence-corrected chi connectivity index (χ3v) is 0.907. The summed E-state index contributed by atoms with van der Waals surface area (Å²) in [5, 5.41) is 20.1. The maximum atomic E-state index is 10.0. The molecule has 0 unspecified atom stereocenters. The van der Waals surface area contributed by atoms with Crippen LogP contribution in [0.15, 0.2) is 16.6 Å². The predicted octanol–water partition coefficient (Wildman–Crippen LogP) is 0.0136. The van der Waals surface area contributed by atoms with Gasteiger partial charge in [-0.25, -0.2) is 0 Å². The summed E-state index contributed by atoms with van der Waals surface area (Å²) in [6.07, 6.45) is 0.766. The van der Waals surface area contributed by atoms with Crippen molar-refractivity contribution in [3.8, 4) is 0 Å². The fourth-order valence-electron chi connectivity index (χ4n) is 0.499. The van der Waals surface area contributed by atoms with Crippen LogP contribution in [-0.4, -0.2) is 16.2 Å². The van der Waals surface area contributed by atoms with Gasteiger partial charge in [0.15, 0.2) is 0 Å². The van der Waals surface area contributed by atoms with Crippen LogP contribution in [0.1, 0.15) is 0 Å². The molecule has 0 saturated heterocycles. The Bertz CT molecular complexity index is 277. The lowest BCUT2D eigenvalue weighted by atomic mass is 10.7. The van der Waals surface area contributed by atoms with E-state index in [2.05, 4.69) is 15.3 Å². The van der Waals surface area contributed by atoms with Gasteiger partial charge in [0, 0.05) is 0 Å². The summed E-state index contributed by atoms with van der Waals surface area (Å²) in [5.74, 6) is -1.95. The second kappa shape index (κ2) is 2.82. The summed E-state index contributed by atoms with van der Waals surface area (Å²) < 4.78 is 0. The Morgan fingerprint density at radius 1 is 1.50 bits per heavy atom. The third kappa shape index (κ3) is 1.28. The highest BCUT2D eigenvalue weighted by atomic mass is 16.7. The minimum Gasteiger partial charge on any atom is -0.467 e. The Morgan fingerprint density at radius 3 is 2.42 bits per heavy atom. The molecule has 0 saturated carbocycles. The van der Waals surface area contributed by atoms with Crippen molar-refractivity contribution >= 4 is 6.40 Å². The fourth-order valence-corrected chi connectivity index (χ4v) is 0.499. The van der Waals surface area contributed by atoms with E-state index in [1.54, 1.807) is 0 Å². The summed E-state index contributed by atoms with van der Waals surface area (Å²) in [7, 11) is 0. The normalized spacial score (nSPS) is 13.5. The average Bonchev–Trinajstić information content (AvgIpc) is 2.37. The number of hydroxylamine groups is 1. The first kappa shape index (κ1) is 7.91. The van der Waals surface area contributed by atoms with E-state index < -0.39 is 21.5 Å². The highest BCUT2D eigenvalue weighted by Crippen LogP contribution is 2.18. The lowest BCUT2D eigenvalue weighted by molar-refractivity contribution is -0.617. The maximum Gasteiger partial charge on any atom is 0.560 e. The van der Waals surface area contributed by atoms with Crippen molar-refractivity contribution in [3.05, 3.63) is 37.4 Å². The summed E-state index contributed by atoms with van der Waals surface area (Å²) in [6.45, 7) is 0. The van der Waals surface area contributed by atoms with Gasteiger partial charge in [-0.2, -0.15) is 0 Å². The summed E-state index contributed by atoms with van der Waals surface area (Å²) in [6, 6.07) is 0. The van der Waals surface area contributed by atoms with E-state index in [4.69, 9.17) is 0 Å². The van der Waals surface area contributed by atoms with Crippen LogP contribution in [0.3, 0.4) is 0 Å². The van der Waals surface area contributed by atoms with Crippen molar-refractivity contribution in [3.63, 3.8) is 0 Å². The monoisotopic (exact) mass is 173 g/mol. The molecule has 9 nitrogen and oxygen atoms in total. The molecule has 1 rings (SSSR count).